The summed E-state index contributed by atoms with van der Waals surface area (Å²) in [6.07, 6.45) is 1.57. The summed E-state index contributed by atoms with van der Waals surface area (Å²) in [5, 5.41) is 13.9. The van der Waals surface area contributed by atoms with Crippen LogP contribution in [0.2, 0.25) is 10.0 Å². The summed E-state index contributed by atoms with van der Waals surface area (Å²) >= 11 is 12.0. The van der Waals surface area contributed by atoms with Gasteiger partial charge in [0.25, 0.3) is 11.8 Å². The second kappa shape index (κ2) is 7.81. The van der Waals surface area contributed by atoms with E-state index in [2.05, 4.69) is 20.9 Å². The third-order valence-corrected chi connectivity index (χ3v) is 4.26. The number of hydrogen-bond donors (Lipinski definition) is 2. The number of carbonyl (C=O) groups excluding carboxylic acids is 2. The largest absolute Gasteiger partial charge is 0.355 e. The SMILES string of the molecule is CCn1cc(NC(=O)c2cc(-c3ccc(Cl)cc3Cl)on2)c(C(=O)NC)n1. The number of carbonyl (C=O) groups is 2. The Bertz CT molecular complexity index is 1010. The van der Waals surface area contributed by atoms with E-state index in [4.69, 9.17) is 27.7 Å². The molecule has 2 N–H and O–H groups in total. The topological polar surface area (TPSA) is 102 Å². The first-order chi connectivity index (χ1) is 12.9. The number of anilines is 1. The summed E-state index contributed by atoms with van der Waals surface area (Å²) in [6.45, 7) is 2.41. The molecule has 0 aliphatic rings. The Labute approximate surface area is 164 Å². The molecule has 2 aromatic heterocycles. The van der Waals surface area contributed by atoms with Crippen LogP contribution < -0.4 is 10.6 Å². The van der Waals surface area contributed by atoms with Crippen LogP contribution in [0.4, 0.5) is 5.69 Å². The zero-order chi connectivity index (χ0) is 19.6. The molecule has 0 unspecified atom stereocenters. The van der Waals surface area contributed by atoms with Crippen LogP contribution in [-0.2, 0) is 6.54 Å². The van der Waals surface area contributed by atoms with Gasteiger partial charge in [0, 0.05) is 36.4 Å². The highest BCUT2D eigenvalue weighted by atomic mass is 35.5. The number of halogens is 2. The third kappa shape index (κ3) is 3.96. The number of nitrogens with one attached hydrogen (secondary N) is 2. The van der Waals surface area contributed by atoms with E-state index in [0.717, 1.165) is 0 Å². The summed E-state index contributed by atoms with van der Waals surface area (Å²) in [5.74, 6) is -0.639. The van der Waals surface area contributed by atoms with E-state index in [9.17, 15) is 9.59 Å². The van der Waals surface area contributed by atoms with Crippen molar-refractivity contribution in [2.24, 2.45) is 0 Å². The van der Waals surface area contributed by atoms with Crippen molar-refractivity contribution in [2.75, 3.05) is 12.4 Å². The Morgan fingerprint density at radius 2 is 2.00 bits per heavy atom. The van der Waals surface area contributed by atoms with Gasteiger partial charge in [0.05, 0.1) is 10.7 Å². The average Bonchev–Trinajstić information content (AvgIpc) is 3.28. The van der Waals surface area contributed by atoms with Crippen molar-refractivity contribution < 1.29 is 14.1 Å². The molecule has 0 bridgehead atoms. The van der Waals surface area contributed by atoms with Crippen LogP contribution >= 0.6 is 23.2 Å². The average molecular weight is 408 g/mol. The van der Waals surface area contributed by atoms with Crippen molar-refractivity contribution in [2.45, 2.75) is 13.5 Å². The third-order valence-electron chi connectivity index (χ3n) is 3.72. The molecular weight excluding hydrogens is 393 g/mol. The fraction of sp³-hybridized carbons (Fsp3) is 0.176. The van der Waals surface area contributed by atoms with Crippen LogP contribution in [0, 0.1) is 0 Å². The monoisotopic (exact) mass is 407 g/mol. The Balaban J connectivity index is 1.85. The molecule has 140 valence electrons. The molecule has 0 fully saturated rings. The van der Waals surface area contributed by atoms with Crippen LogP contribution in [-0.4, -0.2) is 33.8 Å². The normalized spacial score (nSPS) is 10.7. The van der Waals surface area contributed by atoms with Gasteiger partial charge in [-0.15, -0.1) is 0 Å². The number of amides is 2. The maximum Gasteiger partial charge on any atom is 0.277 e. The van der Waals surface area contributed by atoms with Gasteiger partial charge in [-0.3, -0.25) is 14.3 Å². The molecule has 0 saturated heterocycles. The predicted molar refractivity (Wildman–Crippen MR) is 101 cm³/mol. The number of nitrogens with zero attached hydrogens (tertiary/aromatic N) is 3. The number of aromatic nitrogens is 3. The van der Waals surface area contributed by atoms with E-state index in [0.29, 0.717) is 27.9 Å². The molecule has 10 heteroatoms. The first-order valence-corrected chi connectivity index (χ1v) is 8.71. The number of hydrogen-bond acceptors (Lipinski definition) is 5. The van der Waals surface area contributed by atoms with Gasteiger partial charge in [-0.05, 0) is 25.1 Å². The van der Waals surface area contributed by atoms with Crippen LogP contribution in [0.1, 0.15) is 27.9 Å². The standard InChI is InChI=1S/C17H15Cl2N5O3/c1-3-24-8-13(15(22-24)17(26)20-2)21-16(25)12-7-14(27-23-12)10-5-4-9(18)6-11(10)19/h4-8H,3H2,1-2H3,(H,20,26)(H,21,25). The number of aryl methyl sites for hydroxylation is 1. The van der Waals surface area contributed by atoms with Crippen LogP contribution in [0.15, 0.2) is 35.0 Å². The zero-order valence-electron chi connectivity index (χ0n) is 14.4. The molecule has 2 amide bonds. The molecule has 3 rings (SSSR count). The highest BCUT2D eigenvalue weighted by Gasteiger charge is 2.21. The summed E-state index contributed by atoms with van der Waals surface area (Å²) in [5.41, 5.74) is 0.966. The molecule has 3 aromatic rings. The van der Waals surface area contributed by atoms with Crippen molar-refractivity contribution >= 4 is 40.7 Å². The molecule has 0 saturated carbocycles. The Morgan fingerprint density at radius 3 is 2.67 bits per heavy atom. The molecule has 27 heavy (non-hydrogen) atoms. The molecule has 8 nitrogen and oxygen atoms in total. The van der Waals surface area contributed by atoms with Crippen molar-refractivity contribution in [3.8, 4) is 11.3 Å². The Hall–Kier alpha value is -2.84. The smallest absolute Gasteiger partial charge is 0.277 e. The quantitative estimate of drug-likeness (QED) is 0.673. The van der Waals surface area contributed by atoms with Gasteiger partial charge in [-0.1, -0.05) is 28.4 Å². The van der Waals surface area contributed by atoms with Gasteiger partial charge in [-0.2, -0.15) is 5.10 Å². The lowest BCUT2D eigenvalue weighted by Gasteiger charge is -2.02. The predicted octanol–water partition coefficient (Wildman–Crippen LogP) is 3.48. The van der Waals surface area contributed by atoms with Gasteiger partial charge in [0.2, 0.25) is 0 Å². The molecule has 0 aliphatic heterocycles. The molecule has 0 spiro atoms. The molecule has 1 aromatic carbocycles. The van der Waals surface area contributed by atoms with Gasteiger partial charge in [-0.25, -0.2) is 0 Å². The summed E-state index contributed by atoms with van der Waals surface area (Å²) < 4.78 is 6.76. The summed E-state index contributed by atoms with van der Waals surface area (Å²) in [4.78, 5) is 24.4. The van der Waals surface area contributed by atoms with Gasteiger partial charge < -0.3 is 15.2 Å². The lowest BCUT2D eigenvalue weighted by atomic mass is 10.1. The highest BCUT2D eigenvalue weighted by molar-refractivity contribution is 6.36. The fourth-order valence-corrected chi connectivity index (χ4v) is 2.85. The van der Waals surface area contributed by atoms with E-state index in [1.165, 1.54) is 13.1 Å². The van der Waals surface area contributed by atoms with E-state index in [-0.39, 0.29) is 17.1 Å². The summed E-state index contributed by atoms with van der Waals surface area (Å²) in [7, 11) is 1.48. The fourth-order valence-electron chi connectivity index (χ4n) is 2.35. The Morgan fingerprint density at radius 1 is 1.22 bits per heavy atom. The molecular formula is C17H15Cl2N5O3. The first-order valence-electron chi connectivity index (χ1n) is 7.96. The maximum atomic E-state index is 12.5. The van der Waals surface area contributed by atoms with E-state index < -0.39 is 11.8 Å². The van der Waals surface area contributed by atoms with Gasteiger partial charge >= 0.3 is 0 Å². The van der Waals surface area contributed by atoms with Crippen molar-refractivity contribution in [1.82, 2.24) is 20.3 Å². The lowest BCUT2D eigenvalue weighted by Crippen LogP contribution is -2.21. The summed E-state index contributed by atoms with van der Waals surface area (Å²) in [6, 6.07) is 6.34. The zero-order valence-corrected chi connectivity index (χ0v) is 15.9. The molecule has 0 atom stereocenters. The van der Waals surface area contributed by atoms with Crippen LogP contribution in [0.25, 0.3) is 11.3 Å². The van der Waals surface area contributed by atoms with Gasteiger partial charge in [0.1, 0.15) is 0 Å². The lowest BCUT2D eigenvalue weighted by molar-refractivity contribution is 0.0958. The maximum absolute atomic E-state index is 12.5. The number of rotatable bonds is 5. The minimum atomic E-state index is -0.545. The minimum Gasteiger partial charge on any atom is -0.355 e. The van der Waals surface area contributed by atoms with Crippen molar-refractivity contribution in [3.05, 3.63) is 51.9 Å². The molecule has 0 radical (unpaired) electrons. The first kappa shape index (κ1) is 18.9. The van der Waals surface area contributed by atoms with Crippen LogP contribution in [0.3, 0.4) is 0 Å². The highest BCUT2D eigenvalue weighted by Crippen LogP contribution is 2.30. The number of benzene rings is 1. The van der Waals surface area contributed by atoms with E-state index >= 15 is 0 Å². The van der Waals surface area contributed by atoms with Crippen LogP contribution in [0.5, 0.6) is 0 Å². The van der Waals surface area contributed by atoms with E-state index in [1.807, 2.05) is 6.92 Å². The molecule has 2 heterocycles. The minimum absolute atomic E-state index is 0.0307. The van der Waals surface area contributed by atoms with Crippen molar-refractivity contribution in [3.63, 3.8) is 0 Å². The van der Waals surface area contributed by atoms with Gasteiger partial charge in [0.15, 0.2) is 17.1 Å². The Kier molecular flexibility index (Phi) is 5.48. The van der Waals surface area contributed by atoms with Crippen molar-refractivity contribution in [1.29, 1.82) is 0 Å². The molecule has 0 aliphatic carbocycles. The second-order valence-corrected chi connectivity index (χ2v) is 6.32. The second-order valence-electron chi connectivity index (χ2n) is 5.48. The van der Waals surface area contributed by atoms with E-state index in [1.54, 1.807) is 29.1 Å².